The molecule has 6 nitrogen and oxygen atoms in total. The Morgan fingerprint density at radius 3 is 2.36 bits per heavy atom. The predicted molar refractivity (Wildman–Crippen MR) is 111 cm³/mol. The van der Waals surface area contributed by atoms with E-state index in [2.05, 4.69) is 20.6 Å². The van der Waals surface area contributed by atoms with Crippen LogP contribution in [0.3, 0.4) is 0 Å². The molecule has 1 N–H and O–H groups in total. The highest BCUT2D eigenvalue weighted by Gasteiger charge is 2.39. The van der Waals surface area contributed by atoms with Gasteiger partial charge in [0.05, 0.1) is 15.5 Å². The van der Waals surface area contributed by atoms with Gasteiger partial charge in [0.2, 0.25) is 0 Å². The van der Waals surface area contributed by atoms with Crippen LogP contribution in [0, 0.1) is 18.2 Å². The standard InChI is InChI=1S/C20H28FN3O3S/c1-9-14-10-11-16(21)15(12-14)13-28(26,23-8)20(5,6)17(22-7)24-18(25)27-19(2,3)4/h1,10-12H,13H2,2-8H3,(H,22,24,25). The molecule has 0 heterocycles. The van der Waals surface area contributed by atoms with Crippen molar-refractivity contribution < 1.29 is 18.1 Å². The second-order valence-electron chi connectivity index (χ2n) is 7.63. The van der Waals surface area contributed by atoms with Gasteiger partial charge in [0.1, 0.15) is 22.0 Å². The maximum atomic E-state index is 14.3. The molecule has 0 spiro atoms. The number of amides is 1. The van der Waals surface area contributed by atoms with Gasteiger partial charge in [0.15, 0.2) is 0 Å². The molecule has 0 aliphatic heterocycles. The Morgan fingerprint density at radius 2 is 1.89 bits per heavy atom. The summed E-state index contributed by atoms with van der Waals surface area (Å²) in [5.41, 5.74) is -0.0437. The summed E-state index contributed by atoms with van der Waals surface area (Å²) in [7, 11) is -0.233. The summed E-state index contributed by atoms with van der Waals surface area (Å²) in [5, 5.41) is 2.55. The fraction of sp³-hybridized carbons (Fsp3) is 0.500. The number of benzene rings is 1. The third kappa shape index (κ3) is 5.55. The smallest absolute Gasteiger partial charge is 0.413 e. The number of amidine groups is 1. The molecule has 0 fully saturated rings. The molecule has 0 aromatic heterocycles. The molecule has 0 saturated heterocycles. The molecule has 0 saturated carbocycles. The first-order valence-corrected chi connectivity index (χ1v) is 10.3. The zero-order valence-electron chi connectivity index (χ0n) is 17.4. The number of hydrogen-bond donors (Lipinski definition) is 1. The lowest BCUT2D eigenvalue weighted by molar-refractivity contribution is 0.0561. The quantitative estimate of drug-likeness (QED) is 0.467. The number of alkyl carbamates (subject to hydrolysis) is 1. The number of hydrogen-bond acceptors (Lipinski definition) is 5. The van der Waals surface area contributed by atoms with E-state index in [0.29, 0.717) is 5.56 Å². The Labute approximate surface area is 167 Å². The number of terminal acetylenes is 1. The number of nitrogens with one attached hydrogen (secondary N) is 1. The number of carbonyl (C=O) groups is 1. The van der Waals surface area contributed by atoms with Gasteiger partial charge in [0, 0.05) is 25.2 Å². The van der Waals surface area contributed by atoms with Crippen LogP contribution in [0.25, 0.3) is 0 Å². The van der Waals surface area contributed by atoms with Crippen LogP contribution in [0.5, 0.6) is 0 Å². The van der Waals surface area contributed by atoms with E-state index in [-0.39, 0.29) is 17.2 Å². The molecular formula is C20H28FN3O3S. The van der Waals surface area contributed by atoms with Crippen molar-refractivity contribution in [3.05, 3.63) is 35.1 Å². The topological polar surface area (TPSA) is 80.1 Å². The zero-order valence-corrected chi connectivity index (χ0v) is 18.2. The zero-order chi connectivity index (χ0) is 21.8. The number of rotatable bonds is 4. The van der Waals surface area contributed by atoms with E-state index in [1.165, 1.54) is 32.3 Å². The monoisotopic (exact) mass is 409 g/mol. The summed E-state index contributed by atoms with van der Waals surface area (Å²) < 4.78 is 36.1. The van der Waals surface area contributed by atoms with Crippen LogP contribution in [-0.4, -0.2) is 40.6 Å². The molecule has 1 rings (SSSR count). The van der Waals surface area contributed by atoms with Crippen LogP contribution in [0.4, 0.5) is 9.18 Å². The summed E-state index contributed by atoms with van der Waals surface area (Å²) in [5.74, 6) is 1.85. The maximum absolute atomic E-state index is 14.3. The van der Waals surface area contributed by atoms with Crippen molar-refractivity contribution in [1.29, 1.82) is 0 Å². The minimum atomic E-state index is -3.09. The largest absolute Gasteiger partial charge is 0.444 e. The molecule has 0 aliphatic carbocycles. The number of carbonyl (C=O) groups excluding carboxylic acids is 1. The van der Waals surface area contributed by atoms with E-state index >= 15 is 0 Å². The van der Waals surface area contributed by atoms with E-state index < -0.39 is 32.0 Å². The van der Waals surface area contributed by atoms with E-state index in [1.807, 2.05) is 0 Å². The van der Waals surface area contributed by atoms with Gasteiger partial charge in [-0.25, -0.2) is 17.8 Å². The highest BCUT2D eigenvalue weighted by atomic mass is 32.2. The molecule has 28 heavy (non-hydrogen) atoms. The maximum Gasteiger partial charge on any atom is 0.413 e. The first-order valence-electron chi connectivity index (χ1n) is 8.64. The molecule has 154 valence electrons. The fourth-order valence-corrected chi connectivity index (χ4v) is 4.52. The highest BCUT2D eigenvalue weighted by molar-refractivity contribution is 7.95. The number of nitrogens with zero attached hydrogens (tertiary/aromatic N) is 2. The summed E-state index contributed by atoms with van der Waals surface area (Å²) >= 11 is 0. The van der Waals surface area contributed by atoms with Crippen molar-refractivity contribution in [3.63, 3.8) is 0 Å². The Kier molecular flexibility index (Phi) is 7.38. The lowest BCUT2D eigenvalue weighted by Gasteiger charge is -2.31. The van der Waals surface area contributed by atoms with E-state index in [4.69, 9.17) is 11.2 Å². The van der Waals surface area contributed by atoms with E-state index in [9.17, 15) is 13.4 Å². The second-order valence-corrected chi connectivity index (χ2v) is 10.6. The van der Waals surface area contributed by atoms with Gasteiger partial charge >= 0.3 is 6.09 Å². The van der Waals surface area contributed by atoms with Gasteiger partial charge in [-0.15, -0.1) is 6.42 Å². The highest BCUT2D eigenvalue weighted by Crippen LogP contribution is 2.27. The van der Waals surface area contributed by atoms with Crippen molar-refractivity contribution in [2.45, 2.75) is 50.7 Å². The molecule has 1 atom stereocenters. The van der Waals surface area contributed by atoms with Gasteiger partial charge < -0.3 is 4.74 Å². The molecule has 0 bridgehead atoms. The third-order valence-corrected chi connectivity index (χ3v) is 7.15. The molecular weight excluding hydrogens is 381 g/mol. The number of halogens is 1. The first-order chi connectivity index (χ1) is 12.8. The average Bonchev–Trinajstić information content (AvgIpc) is 2.59. The van der Waals surface area contributed by atoms with Gasteiger partial charge in [-0.2, -0.15) is 0 Å². The fourth-order valence-electron chi connectivity index (χ4n) is 2.49. The minimum Gasteiger partial charge on any atom is -0.444 e. The van der Waals surface area contributed by atoms with E-state index in [0.717, 1.165) is 0 Å². The Bertz CT molecular complexity index is 931. The molecule has 0 radical (unpaired) electrons. The van der Waals surface area contributed by atoms with Crippen LogP contribution < -0.4 is 5.32 Å². The van der Waals surface area contributed by atoms with Gasteiger partial charge in [-0.1, -0.05) is 5.92 Å². The van der Waals surface area contributed by atoms with Crippen LogP contribution in [0.1, 0.15) is 45.7 Å². The molecule has 8 heteroatoms. The Balaban J connectivity index is 3.28. The lowest BCUT2D eigenvalue weighted by Crippen LogP contribution is -2.51. The Hall–Kier alpha value is -2.40. The van der Waals surface area contributed by atoms with Gasteiger partial charge in [-0.05, 0) is 52.8 Å². The molecule has 1 aromatic carbocycles. The third-order valence-electron chi connectivity index (χ3n) is 4.07. The summed E-state index contributed by atoms with van der Waals surface area (Å²) in [6.07, 6.45) is 4.66. The van der Waals surface area contributed by atoms with Crippen molar-refractivity contribution in [2.75, 3.05) is 14.1 Å². The minimum absolute atomic E-state index is 0.130. The summed E-state index contributed by atoms with van der Waals surface area (Å²) in [6.45, 7) is 8.45. The van der Waals surface area contributed by atoms with Crippen molar-refractivity contribution in [1.82, 2.24) is 5.32 Å². The van der Waals surface area contributed by atoms with Gasteiger partial charge in [0.25, 0.3) is 0 Å². The first kappa shape index (κ1) is 23.6. The average molecular weight is 410 g/mol. The lowest BCUT2D eigenvalue weighted by atomic mass is 10.1. The predicted octanol–water partition coefficient (Wildman–Crippen LogP) is 3.74. The van der Waals surface area contributed by atoms with Crippen LogP contribution in [0.2, 0.25) is 0 Å². The Morgan fingerprint density at radius 1 is 1.29 bits per heavy atom. The number of aliphatic imine (C=N–C) groups is 1. The van der Waals surface area contributed by atoms with Gasteiger partial charge in [-0.3, -0.25) is 10.3 Å². The van der Waals surface area contributed by atoms with Crippen molar-refractivity contribution in [3.8, 4) is 12.3 Å². The summed E-state index contributed by atoms with van der Waals surface area (Å²) in [4.78, 5) is 16.2. The van der Waals surface area contributed by atoms with E-state index in [1.54, 1.807) is 34.6 Å². The second kappa shape index (κ2) is 8.74. The van der Waals surface area contributed by atoms with Crippen molar-refractivity contribution in [2.24, 2.45) is 9.36 Å². The molecule has 1 aromatic rings. The summed E-state index contributed by atoms with van der Waals surface area (Å²) in [6, 6.07) is 4.18. The number of ether oxygens (including phenoxy) is 1. The van der Waals surface area contributed by atoms with Crippen molar-refractivity contribution >= 4 is 21.7 Å². The SMILES string of the molecule is C#Cc1ccc(F)c(CS(=O)(=NC)C(C)(C)/C(=N\C)NC(=O)OC(C)(C)C)c1. The molecule has 0 aliphatic rings. The van der Waals surface area contributed by atoms with Crippen LogP contribution >= 0.6 is 0 Å². The van der Waals surface area contributed by atoms with Crippen LogP contribution in [0.15, 0.2) is 27.6 Å². The van der Waals surface area contributed by atoms with Crippen LogP contribution in [-0.2, 0) is 20.2 Å². The molecule has 1 unspecified atom stereocenters. The normalized spacial score (nSPS) is 14.6. The molecule has 1 amide bonds.